The first kappa shape index (κ1) is 14.7. The van der Waals surface area contributed by atoms with Crippen molar-refractivity contribution in [2.75, 3.05) is 0 Å². The van der Waals surface area contributed by atoms with E-state index in [0.717, 1.165) is 0 Å². The van der Waals surface area contributed by atoms with E-state index in [9.17, 15) is 27.6 Å². The first-order valence-electron chi connectivity index (χ1n) is 4.85. The molecule has 102 valence electrons. The van der Waals surface area contributed by atoms with Crippen LogP contribution in [0.25, 0.3) is 0 Å². The third-order valence-electron chi connectivity index (χ3n) is 2.27. The van der Waals surface area contributed by atoms with E-state index >= 15 is 0 Å². The van der Waals surface area contributed by atoms with Gasteiger partial charge in [-0.25, -0.2) is 13.2 Å². The Morgan fingerprint density at radius 3 is 1.89 bits per heavy atom. The van der Waals surface area contributed by atoms with E-state index in [1.165, 1.54) is 0 Å². The van der Waals surface area contributed by atoms with Crippen LogP contribution in [0.4, 0.5) is 13.2 Å². The number of carbonyl (C=O) groups is 3. The Kier molecular flexibility index (Phi) is 4.26. The second-order valence-corrected chi connectivity index (χ2v) is 3.61. The van der Waals surface area contributed by atoms with Gasteiger partial charge in [-0.2, -0.15) is 0 Å². The molecule has 0 heterocycles. The summed E-state index contributed by atoms with van der Waals surface area (Å²) in [4.78, 5) is 32.5. The molecule has 0 aromatic heterocycles. The molecule has 0 fully saturated rings. The van der Waals surface area contributed by atoms with Gasteiger partial charge < -0.3 is 10.2 Å². The Hall–Kier alpha value is -2.38. The molecule has 0 radical (unpaired) electrons. The predicted molar refractivity (Wildman–Crippen MR) is 53.8 cm³/mol. The highest BCUT2D eigenvalue weighted by molar-refractivity contribution is 6.14. The second-order valence-electron chi connectivity index (χ2n) is 3.61. The van der Waals surface area contributed by atoms with E-state index in [1.807, 2.05) is 0 Å². The number of Topliss-reactive ketones (excluding diaryl/α,β-unsaturated/α-hetero) is 1. The van der Waals surface area contributed by atoms with Crippen molar-refractivity contribution in [2.24, 2.45) is 5.92 Å². The fourth-order valence-electron chi connectivity index (χ4n) is 1.37. The van der Waals surface area contributed by atoms with Crippen LogP contribution < -0.4 is 0 Å². The summed E-state index contributed by atoms with van der Waals surface area (Å²) in [5.74, 6) is -11.7. The van der Waals surface area contributed by atoms with Crippen LogP contribution in [0.2, 0.25) is 0 Å². The lowest BCUT2D eigenvalue weighted by molar-refractivity contribution is -0.157. The topological polar surface area (TPSA) is 91.7 Å². The normalized spacial score (nSPS) is 10.5. The highest BCUT2D eigenvalue weighted by atomic mass is 19.2. The second kappa shape index (κ2) is 5.51. The molecule has 1 rings (SSSR count). The molecule has 0 saturated carbocycles. The zero-order chi connectivity index (χ0) is 14.7. The lowest BCUT2D eigenvalue weighted by Crippen LogP contribution is -2.32. The molecule has 0 unspecified atom stereocenters. The molecule has 0 saturated heterocycles. The van der Waals surface area contributed by atoms with Gasteiger partial charge in [-0.1, -0.05) is 0 Å². The molecule has 2 N–H and O–H groups in total. The van der Waals surface area contributed by atoms with Gasteiger partial charge in [-0.15, -0.1) is 0 Å². The van der Waals surface area contributed by atoms with Gasteiger partial charge in [0, 0.05) is 12.5 Å². The van der Waals surface area contributed by atoms with E-state index in [0.29, 0.717) is 6.07 Å². The average Bonchev–Trinajstić information content (AvgIpc) is 2.24. The Balaban J connectivity index is 3.02. The number of benzene rings is 1. The number of carboxylic acids is 2. The fraction of sp³-hybridized carbons (Fsp3) is 0.182. The van der Waals surface area contributed by atoms with Gasteiger partial charge in [0.05, 0.1) is 0 Å². The number of ketones is 1. The van der Waals surface area contributed by atoms with Crippen LogP contribution in [-0.2, 0) is 20.8 Å². The van der Waals surface area contributed by atoms with E-state index in [4.69, 9.17) is 10.2 Å². The molecule has 1 aromatic carbocycles. The summed E-state index contributed by atoms with van der Waals surface area (Å²) in [5.41, 5.74) is -0.614. The number of rotatable bonds is 5. The Labute approximate surface area is 104 Å². The van der Waals surface area contributed by atoms with Gasteiger partial charge in [-0.3, -0.25) is 14.4 Å². The first-order valence-corrected chi connectivity index (χ1v) is 4.85. The summed E-state index contributed by atoms with van der Waals surface area (Å²) in [6.07, 6.45) is -0.966. The van der Waals surface area contributed by atoms with Crippen molar-refractivity contribution in [1.82, 2.24) is 0 Å². The van der Waals surface area contributed by atoms with Gasteiger partial charge in [0.2, 0.25) is 5.92 Å². The molecule has 0 atom stereocenters. The number of halogens is 3. The van der Waals surface area contributed by atoms with Gasteiger partial charge in [0.25, 0.3) is 0 Å². The van der Waals surface area contributed by atoms with Crippen molar-refractivity contribution in [3.8, 4) is 0 Å². The lowest BCUT2D eigenvalue weighted by Gasteiger charge is -2.07. The number of carbonyl (C=O) groups excluding carboxylic acids is 1. The molecular weight excluding hydrogens is 269 g/mol. The van der Waals surface area contributed by atoms with Gasteiger partial charge in [-0.05, 0) is 11.6 Å². The fourth-order valence-corrected chi connectivity index (χ4v) is 1.37. The van der Waals surface area contributed by atoms with Crippen molar-refractivity contribution < 1.29 is 37.8 Å². The molecule has 8 heteroatoms. The van der Waals surface area contributed by atoms with Gasteiger partial charge >= 0.3 is 11.9 Å². The van der Waals surface area contributed by atoms with Crippen molar-refractivity contribution in [3.05, 3.63) is 35.1 Å². The minimum Gasteiger partial charge on any atom is -0.480 e. The maximum atomic E-state index is 13.2. The number of aliphatic carboxylic acids is 2. The van der Waals surface area contributed by atoms with Crippen molar-refractivity contribution in [1.29, 1.82) is 0 Å². The molecular formula is C11H7F3O5. The van der Waals surface area contributed by atoms with Gasteiger partial charge in [0.1, 0.15) is 5.82 Å². The minimum absolute atomic E-state index is 0.189. The third-order valence-corrected chi connectivity index (χ3v) is 2.27. The largest absolute Gasteiger partial charge is 0.480 e. The highest BCUT2D eigenvalue weighted by Gasteiger charge is 2.34. The Bertz CT molecular complexity index is 542. The Morgan fingerprint density at radius 2 is 1.42 bits per heavy atom. The zero-order valence-corrected chi connectivity index (χ0v) is 9.19. The minimum atomic E-state index is -2.38. The van der Waals surface area contributed by atoms with E-state index < -0.39 is 53.1 Å². The van der Waals surface area contributed by atoms with Crippen molar-refractivity contribution >= 4 is 17.7 Å². The van der Waals surface area contributed by atoms with Crippen molar-refractivity contribution in [2.45, 2.75) is 6.42 Å². The number of hydrogen-bond acceptors (Lipinski definition) is 3. The summed E-state index contributed by atoms with van der Waals surface area (Å²) in [7, 11) is 0. The maximum Gasteiger partial charge on any atom is 0.325 e. The molecule has 0 spiro atoms. The molecule has 0 bridgehead atoms. The highest BCUT2D eigenvalue weighted by Crippen LogP contribution is 2.16. The number of carboxylic acid groups (broad SMARTS) is 2. The van der Waals surface area contributed by atoms with E-state index in [1.54, 1.807) is 0 Å². The quantitative estimate of drug-likeness (QED) is 0.618. The Morgan fingerprint density at radius 1 is 0.947 bits per heavy atom. The van der Waals surface area contributed by atoms with Crippen LogP contribution >= 0.6 is 0 Å². The third kappa shape index (κ3) is 3.30. The van der Waals surface area contributed by atoms with Crippen LogP contribution in [0.15, 0.2) is 12.1 Å². The lowest BCUT2D eigenvalue weighted by atomic mass is 9.97. The van der Waals surface area contributed by atoms with Crippen molar-refractivity contribution in [3.63, 3.8) is 0 Å². The van der Waals surface area contributed by atoms with Crippen LogP contribution in [0.5, 0.6) is 0 Å². The standard InChI is InChI=1S/C11H7F3O5/c12-5-3-7(14)6(13)1-4(5)2-8(15)9(10(16)17)11(18)19/h1,3,9H,2H2,(H,16,17)(H,18,19). The van der Waals surface area contributed by atoms with Crippen LogP contribution in [-0.4, -0.2) is 27.9 Å². The molecule has 19 heavy (non-hydrogen) atoms. The van der Waals surface area contributed by atoms with Crippen LogP contribution in [0, 0.1) is 23.4 Å². The first-order chi connectivity index (χ1) is 8.73. The zero-order valence-electron chi connectivity index (χ0n) is 9.19. The van der Waals surface area contributed by atoms with E-state index in [2.05, 4.69) is 0 Å². The van der Waals surface area contributed by atoms with Gasteiger partial charge in [0.15, 0.2) is 17.4 Å². The maximum absolute atomic E-state index is 13.2. The smallest absolute Gasteiger partial charge is 0.325 e. The SMILES string of the molecule is O=C(O)C(C(=O)O)C(=O)Cc1cc(F)c(F)cc1F. The molecule has 0 aliphatic carbocycles. The molecule has 0 aliphatic rings. The molecule has 5 nitrogen and oxygen atoms in total. The summed E-state index contributed by atoms with van der Waals surface area (Å²) < 4.78 is 38.7. The summed E-state index contributed by atoms with van der Waals surface area (Å²) in [6.45, 7) is 0. The summed E-state index contributed by atoms with van der Waals surface area (Å²) in [6, 6.07) is 0.567. The molecule has 1 aromatic rings. The van der Waals surface area contributed by atoms with Crippen LogP contribution in [0.3, 0.4) is 0 Å². The molecule has 0 aliphatic heterocycles. The predicted octanol–water partition coefficient (Wildman–Crippen LogP) is 1.00. The van der Waals surface area contributed by atoms with Crippen LogP contribution in [0.1, 0.15) is 5.56 Å². The number of hydrogen-bond donors (Lipinski definition) is 2. The summed E-state index contributed by atoms with van der Waals surface area (Å²) >= 11 is 0. The summed E-state index contributed by atoms with van der Waals surface area (Å²) in [5, 5.41) is 17.1. The average molecular weight is 276 g/mol. The van der Waals surface area contributed by atoms with E-state index in [-0.39, 0.29) is 6.07 Å². The monoisotopic (exact) mass is 276 g/mol. The molecule has 0 amide bonds.